The van der Waals surface area contributed by atoms with Crippen molar-refractivity contribution >= 4 is 31.6 Å². The second kappa shape index (κ2) is 22.8. The maximum atomic E-state index is 13.0. The topological polar surface area (TPSA) is 116 Å². The number of halogens is 2. The van der Waals surface area contributed by atoms with E-state index in [1.54, 1.807) is 32.4 Å². The second-order valence-corrected chi connectivity index (χ2v) is 15.5. The molecule has 5 aliphatic rings. The van der Waals surface area contributed by atoms with Gasteiger partial charge in [-0.2, -0.15) is 0 Å². The van der Waals surface area contributed by atoms with Crippen molar-refractivity contribution in [1.29, 1.82) is 0 Å². The van der Waals surface area contributed by atoms with Gasteiger partial charge in [0, 0.05) is 73.0 Å². The molecule has 0 unspecified atom stereocenters. The minimum Gasteiger partial charge on any atom is -1.00 e. The van der Waals surface area contributed by atoms with E-state index in [0.29, 0.717) is 67.7 Å². The molecule has 2 N–H and O–H groups in total. The van der Waals surface area contributed by atoms with Crippen LogP contribution in [0.15, 0.2) is 84.9 Å². The normalized spacial score (nSPS) is 17.2. The molecule has 11 nitrogen and oxygen atoms in total. The van der Waals surface area contributed by atoms with E-state index < -0.39 is 0 Å². The Kier molecular flexibility index (Phi) is 19.1. The maximum Gasteiger partial charge on any atom is 1.00 e. The number of nitrogen functional groups attached to an aromatic ring is 1. The number of hydrogen-bond donors (Lipinski definition) is 1. The number of anilines is 2. The molecule has 5 aliphatic heterocycles. The van der Waals surface area contributed by atoms with Gasteiger partial charge in [0.1, 0.15) is 11.5 Å². The molecular weight excluding hydrogens is 792 g/mol. The molecule has 2 spiro atoms. The summed E-state index contributed by atoms with van der Waals surface area (Å²) in [5, 5.41) is 0. The SMILES string of the molecule is C1CCOC1.COc1cc(C(=O)N2CCC3(CC2)OCc2ccccc23)ccc1N.COc1cc(C(=O)N2CCC3(CC2)OCc2ccccc23)ccc1N(C)C.F.F.[B].[H-].[Na+]. The Morgan fingerprint density at radius 2 is 1.10 bits per heavy atom. The second-order valence-electron chi connectivity index (χ2n) is 15.5. The van der Waals surface area contributed by atoms with Crippen LogP contribution in [0.3, 0.4) is 0 Å². The number of carbonyl (C=O) groups excluding carboxylic acids is 2. The fraction of sp³-hybridized carbons (Fsp3) is 0.435. The predicted octanol–water partition coefficient (Wildman–Crippen LogP) is 4.20. The fourth-order valence-electron chi connectivity index (χ4n) is 8.64. The van der Waals surface area contributed by atoms with Crippen LogP contribution in [0.25, 0.3) is 0 Å². The summed E-state index contributed by atoms with van der Waals surface area (Å²) in [5.74, 6) is 1.32. The third-order valence-corrected chi connectivity index (χ3v) is 12.0. The molecule has 3 radical (unpaired) electrons. The molecule has 61 heavy (non-hydrogen) atoms. The number of rotatable bonds is 5. The molecule has 3 saturated heterocycles. The largest absolute Gasteiger partial charge is 1.00 e. The van der Waals surface area contributed by atoms with Gasteiger partial charge in [0.05, 0.1) is 50.0 Å². The van der Waals surface area contributed by atoms with Crippen LogP contribution in [0.5, 0.6) is 11.5 Å². The van der Waals surface area contributed by atoms with E-state index in [1.807, 2.05) is 53.1 Å². The van der Waals surface area contributed by atoms with Crippen LogP contribution in [0.4, 0.5) is 20.8 Å². The number of nitrogens with two attached hydrogens (primary N) is 1. The summed E-state index contributed by atoms with van der Waals surface area (Å²) in [6.07, 6.45) is 5.87. The first-order valence-electron chi connectivity index (χ1n) is 20.1. The molecule has 5 heterocycles. The minimum atomic E-state index is -0.230. The van der Waals surface area contributed by atoms with E-state index in [9.17, 15) is 9.59 Å². The number of piperidine rings is 2. The molecule has 0 atom stereocenters. The zero-order valence-corrected chi connectivity index (χ0v) is 38.2. The number of fused-ring (bicyclic) bond motifs is 4. The average Bonchev–Trinajstić information content (AvgIpc) is 4.03. The zero-order chi connectivity index (χ0) is 40.0. The van der Waals surface area contributed by atoms with Gasteiger partial charge < -0.3 is 45.5 Å². The van der Waals surface area contributed by atoms with Gasteiger partial charge in [-0.05, 0) is 97.2 Å². The minimum absolute atomic E-state index is 0. The van der Waals surface area contributed by atoms with Crippen LogP contribution in [-0.2, 0) is 38.6 Å². The molecule has 4 aromatic rings. The Labute approximate surface area is 384 Å². The molecule has 323 valence electrons. The molecule has 2 amide bonds. The molecular formula is C46H59BF2N4NaO7. The first kappa shape index (κ1) is 51.2. The number of amides is 2. The number of carbonyl (C=O) groups is 2. The van der Waals surface area contributed by atoms with Gasteiger partial charge in [0.25, 0.3) is 11.8 Å². The van der Waals surface area contributed by atoms with Crippen molar-refractivity contribution < 1.29 is 73.7 Å². The van der Waals surface area contributed by atoms with E-state index in [1.165, 1.54) is 35.1 Å². The molecule has 4 aromatic carbocycles. The quantitative estimate of drug-likeness (QED) is 0.233. The average molecular weight is 852 g/mol. The molecule has 0 aromatic heterocycles. The fourth-order valence-corrected chi connectivity index (χ4v) is 8.64. The van der Waals surface area contributed by atoms with Gasteiger partial charge >= 0.3 is 29.6 Å². The van der Waals surface area contributed by atoms with Gasteiger partial charge in [0.2, 0.25) is 0 Å². The molecule has 0 aliphatic carbocycles. The molecule has 15 heteroatoms. The Bertz CT molecular complexity index is 2060. The number of hydrogen-bond acceptors (Lipinski definition) is 9. The third kappa shape index (κ3) is 11.1. The van der Waals surface area contributed by atoms with E-state index >= 15 is 0 Å². The van der Waals surface area contributed by atoms with Crippen molar-refractivity contribution in [1.82, 2.24) is 9.80 Å². The Morgan fingerprint density at radius 1 is 0.672 bits per heavy atom. The first-order valence-corrected chi connectivity index (χ1v) is 20.1. The molecule has 9 rings (SSSR count). The van der Waals surface area contributed by atoms with E-state index in [2.05, 4.69) is 42.5 Å². The van der Waals surface area contributed by atoms with Crippen LogP contribution in [0, 0.1) is 0 Å². The van der Waals surface area contributed by atoms with Crippen molar-refractivity contribution in [2.45, 2.75) is 62.9 Å². The number of likely N-dealkylation sites (tertiary alicyclic amines) is 2. The van der Waals surface area contributed by atoms with Crippen LogP contribution >= 0.6 is 0 Å². The van der Waals surface area contributed by atoms with Crippen LogP contribution in [0.1, 0.15) is 82.9 Å². The Hall–Kier alpha value is -4.18. The summed E-state index contributed by atoms with van der Waals surface area (Å²) in [7, 11) is 7.11. The number of ether oxygens (including phenoxy) is 5. The summed E-state index contributed by atoms with van der Waals surface area (Å²) in [6, 6.07) is 27.7. The summed E-state index contributed by atoms with van der Waals surface area (Å²) in [5.41, 5.74) is 13.3. The summed E-state index contributed by atoms with van der Waals surface area (Å²) >= 11 is 0. The third-order valence-electron chi connectivity index (χ3n) is 12.0. The van der Waals surface area contributed by atoms with Gasteiger partial charge in [0.15, 0.2) is 0 Å². The molecule has 0 saturated carbocycles. The van der Waals surface area contributed by atoms with Gasteiger partial charge in [-0.25, -0.2) is 0 Å². The van der Waals surface area contributed by atoms with E-state index in [0.717, 1.165) is 44.6 Å². The van der Waals surface area contributed by atoms with Crippen LogP contribution in [-0.4, -0.2) is 97.7 Å². The number of methoxy groups -OCH3 is 2. The van der Waals surface area contributed by atoms with Gasteiger partial charge in [-0.15, -0.1) is 0 Å². The van der Waals surface area contributed by atoms with Crippen molar-refractivity contribution in [3.05, 3.63) is 118 Å². The number of benzene rings is 4. The smallest absolute Gasteiger partial charge is 1.00 e. The zero-order valence-electron chi connectivity index (χ0n) is 37.2. The van der Waals surface area contributed by atoms with Crippen LogP contribution < -0.4 is 49.7 Å². The van der Waals surface area contributed by atoms with Crippen molar-refractivity contribution in [3.63, 3.8) is 0 Å². The summed E-state index contributed by atoms with van der Waals surface area (Å²) in [6.45, 7) is 6.10. The Morgan fingerprint density at radius 3 is 1.51 bits per heavy atom. The standard InChI is InChI=1S/C22H26N2O3.C20H22N2O3.C4H8O.B.2FH.Na.H/c1-23(2)19-9-8-16(14-20(19)26-3)21(25)24-12-10-22(11-13-24)18-7-5-4-6-17(18)15-27-22;1-24-18-12-14(6-7-17(18)21)19(23)22-10-8-20(9-11-22)16-5-3-2-4-15(16)13-25-20;1-2-4-5-3-1;;;;;/h4-9,14H,10-13,15H2,1-3H3;2-7,12H,8-11,13,21H2,1H3;1-4H2;;2*1H;;/q;;;;;;+1;-1. The van der Waals surface area contributed by atoms with Crippen LogP contribution in [0.2, 0.25) is 0 Å². The summed E-state index contributed by atoms with van der Waals surface area (Å²) < 4.78 is 28.0. The van der Waals surface area contributed by atoms with Crippen molar-refractivity contribution in [3.8, 4) is 11.5 Å². The van der Waals surface area contributed by atoms with E-state index in [4.69, 9.17) is 29.4 Å². The van der Waals surface area contributed by atoms with Gasteiger partial charge in [-0.1, -0.05) is 48.5 Å². The van der Waals surface area contributed by atoms with Crippen molar-refractivity contribution in [2.75, 3.05) is 78.3 Å². The Balaban J connectivity index is 0.000000357. The number of nitrogens with zero attached hydrogens (tertiary/aromatic N) is 3. The predicted molar refractivity (Wildman–Crippen MR) is 233 cm³/mol. The van der Waals surface area contributed by atoms with Crippen molar-refractivity contribution in [2.24, 2.45) is 0 Å². The summed E-state index contributed by atoms with van der Waals surface area (Å²) in [4.78, 5) is 31.6. The molecule has 3 fully saturated rings. The maximum absolute atomic E-state index is 13.0. The monoisotopic (exact) mass is 851 g/mol. The van der Waals surface area contributed by atoms with E-state index in [-0.39, 0.29) is 71.8 Å². The molecule has 0 bridgehead atoms. The van der Waals surface area contributed by atoms with Gasteiger partial charge in [-0.3, -0.25) is 19.0 Å². The first-order chi connectivity index (χ1) is 27.7.